The van der Waals surface area contributed by atoms with E-state index in [2.05, 4.69) is 30.1 Å². The summed E-state index contributed by atoms with van der Waals surface area (Å²) in [7, 11) is 0. The predicted molar refractivity (Wildman–Crippen MR) is 111 cm³/mol. The number of hydrogen-bond acceptors (Lipinski definition) is 3. The van der Waals surface area contributed by atoms with Gasteiger partial charge in [-0.3, -0.25) is 9.79 Å². The van der Waals surface area contributed by atoms with Crippen molar-refractivity contribution in [1.82, 2.24) is 4.90 Å². The van der Waals surface area contributed by atoms with Crippen LogP contribution >= 0.6 is 0 Å². The molecule has 4 rings (SSSR count). The molecule has 0 aromatic heterocycles. The van der Waals surface area contributed by atoms with Gasteiger partial charge in [0.2, 0.25) is 5.91 Å². The predicted octanol–water partition coefficient (Wildman–Crippen LogP) is 4.62. The Hall–Kier alpha value is -2.75. The van der Waals surface area contributed by atoms with Crippen LogP contribution in [-0.2, 0) is 15.0 Å². The molecule has 0 aliphatic carbocycles. The number of para-hydroxylation sites is 1. The highest BCUT2D eigenvalue weighted by molar-refractivity contribution is 5.97. The van der Waals surface area contributed by atoms with E-state index in [9.17, 15) is 9.59 Å². The number of benzene rings is 2. The Balaban J connectivity index is 1.73. The van der Waals surface area contributed by atoms with Crippen LogP contribution in [0.3, 0.4) is 0 Å². The lowest BCUT2D eigenvalue weighted by Gasteiger charge is -2.46. The van der Waals surface area contributed by atoms with Crippen LogP contribution in [0.1, 0.15) is 50.3 Å². The summed E-state index contributed by atoms with van der Waals surface area (Å²) in [6, 6.07) is 18.2. The van der Waals surface area contributed by atoms with E-state index in [-0.39, 0.29) is 24.2 Å². The zero-order chi connectivity index (χ0) is 19.7. The number of likely N-dealkylation sites (tertiary alicyclic amines) is 1. The SMILES string of the molecule is CCC(c1ccccc1)N1CC[C@@]2(C=Nc3ccccc32)[C@H](CC(C)=O)C1=O. The minimum absolute atomic E-state index is 0.0362. The number of carbonyl (C=O) groups is 2. The number of nitrogens with zero attached hydrogens (tertiary/aromatic N) is 2. The number of hydrogen-bond donors (Lipinski definition) is 0. The molecule has 0 bridgehead atoms. The Morgan fingerprint density at radius 1 is 1.18 bits per heavy atom. The molecule has 4 heteroatoms. The Morgan fingerprint density at radius 2 is 1.89 bits per heavy atom. The Morgan fingerprint density at radius 3 is 2.61 bits per heavy atom. The van der Waals surface area contributed by atoms with Crippen LogP contribution in [0.2, 0.25) is 0 Å². The first kappa shape index (κ1) is 18.6. The second kappa shape index (κ2) is 7.34. The molecule has 28 heavy (non-hydrogen) atoms. The fraction of sp³-hybridized carbons (Fsp3) is 0.375. The van der Waals surface area contributed by atoms with Gasteiger partial charge in [-0.2, -0.15) is 0 Å². The fourth-order valence-electron chi connectivity index (χ4n) is 4.90. The van der Waals surface area contributed by atoms with Crippen molar-refractivity contribution in [3.8, 4) is 0 Å². The van der Waals surface area contributed by atoms with Gasteiger partial charge in [0.15, 0.2) is 0 Å². The van der Waals surface area contributed by atoms with E-state index in [0.29, 0.717) is 6.54 Å². The molecule has 1 saturated heterocycles. The van der Waals surface area contributed by atoms with Crippen LogP contribution in [0.5, 0.6) is 0 Å². The number of rotatable bonds is 5. The minimum Gasteiger partial charge on any atom is -0.335 e. The molecular formula is C24H26N2O2. The summed E-state index contributed by atoms with van der Waals surface area (Å²) in [5, 5.41) is 0. The molecule has 144 valence electrons. The van der Waals surface area contributed by atoms with E-state index in [1.165, 1.54) is 0 Å². The zero-order valence-corrected chi connectivity index (χ0v) is 16.5. The Bertz CT molecular complexity index is 921. The molecule has 0 N–H and O–H groups in total. The van der Waals surface area contributed by atoms with Crippen LogP contribution in [0.25, 0.3) is 0 Å². The lowest BCUT2D eigenvalue weighted by Crippen LogP contribution is -2.55. The molecule has 1 spiro atoms. The standard InChI is InChI=1S/C24H26N2O2/c1-3-22(18-9-5-4-6-10-18)26-14-13-24(20(23(26)28)15-17(2)27)16-25-21-12-8-7-11-19(21)24/h4-12,16,20,22H,3,13-15H2,1-2H3/t20-,22?,24+/m1/s1. The molecule has 2 aliphatic rings. The average molecular weight is 374 g/mol. The third kappa shape index (κ3) is 2.97. The molecule has 0 radical (unpaired) electrons. The van der Waals surface area contributed by atoms with Gasteiger partial charge in [0, 0.05) is 24.6 Å². The fourth-order valence-corrected chi connectivity index (χ4v) is 4.90. The largest absolute Gasteiger partial charge is 0.335 e. The second-order valence-electron chi connectivity index (χ2n) is 7.89. The molecule has 2 aliphatic heterocycles. The van der Waals surface area contributed by atoms with Gasteiger partial charge in [-0.25, -0.2) is 0 Å². The van der Waals surface area contributed by atoms with E-state index in [1.54, 1.807) is 6.92 Å². The van der Waals surface area contributed by atoms with Crippen molar-refractivity contribution < 1.29 is 9.59 Å². The molecule has 2 heterocycles. The van der Waals surface area contributed by atoms with Crippen molar-refractivity contribution >= 4 is 23.6 Å². The molecule has 2 aromatic rings. The smallest absolute Gasteiger partial charge is 0.227 e. The van der Waals surface area contributed by atoms with Crippen molar-refractivity contribution in [2.75, 3.05) is 6.54 Å². The van der Waals surface area contributed by atoms with Crippen molar-refractivity contribution in [2.24, 2.45) is 10.9 Å². The number of amides is 1. The topological polar surface area (TPSA) is 49.7 Å². The number of Topliss-reactive ketones (excluding diaryl/α,β-unsaturated/α-hetero) is 1. The van der Waals surface area contributed by atoms with Gasteiger partial charge in [0.05, 0.1) is 17.6 Å². The van der Waals surface area contributed by atoms with Crippen LogP contribution in [0.15, 0.2) is 59.6 Å². The normalized spacial score (nSPS) is 24.4. The van der Waals surface area contributed by atoms with Crippen molar-refractivity contribution in [2.45, 2.75) is 44.6 Å². The second-order valence-corrected chi connectivity index (χ2v) is 7.89. The maximum atomic E-state index is 13.7. The highest BCUT2D eigenvalue weighted by Crippen LogP contribution is 2.49. The van der Waals surface area contributed by atoms with Gasteiger partial charge in [-0.05, 0) is 37.0 Å². The van der Waals surface area contributed by atoms with Gasteiger partial charge < -0.3 is 9.69 Å². The number of piperidine rings is 1. The van der Waals surface area contributed by atoms with Gasteiger partial charge in [-0.15, -0.1) is 0 Å². The van der Waals surface area contributed by atoms with Crippen LogP contribution < -0.4 is 0 Å². The molecule has 3 atom stereocenters. The Kier molecular flexibility index (Phi) is 4.88. The van der Waals surface area contributed by atoms with E-state index in [0.717, 1.165) is 29.7 Å². The van der Waals surface area contributed by atoms with E-state index in [4.69, 9.17) is 0 Å². The molecule has 1 unspecified atom stereocenters. The maximum Gasteiger partial charge on any atom is 0.227 e. The van der Waals surface area contributed by atoms with Crippen molar-refractivity contribution in [3.63, 3.8) is 0 Å². The Labute approximate surface area is 166 Å². The van der Waals surface area contributed by atoms with Crippen LogP contribution in [0.4, 0.5) is 5.69 Å². The van der Waals surface area contributed by atoms with Crippen molar-refractivity contribution in [1.29, 1.82) is 0 Å². The van der Waals surface area contributed by atoms with E-state index < -0.39 is 11.3 Å². The summed E-state index contributed by atoms with van der Waals surface area (Å²) < 4.78 is 0. The summed E-state index contributed by atoms with van der Waals surface area (Å²) in [4.78, 5) is 32.4. The van der Waals surface area contributed by atoms with Gasteiger partial charge in [-0.1, -0.05) is 55.5 Å². The van der Waals surface area contributed by atoms with E-state index >= 15 is 0 Å². The molecule has 1 fully saturated rings. The zero-order valence-electron chi connectivity index (χ0n) is 16.5. The van der Waals surface area contributed by atoms with Gasteiger partial charge in [0.1, 0.15) is 5.78 Å². The van der Waals surface area contributed by atoms with Gasteiger partial charge in [0.25, 0.3) is 0 Å². The first-order chi connectivity index (χ1) is 13.6. The summed E-state index contributed by atoms with van der Waals surface area (Å²) in [6.45, 7) is 4.36. The molecule has 1 amide bonds. The molecule has 0 saturated carbocycles. The quantitative estimate of drug-likeness (QED) is 0.767. The van der Waals surface area contributed by atoms with Crippen LogP contribution in [-0.4, -0.2) is 29.3 Å². The molecular weight excluding hydrogens is 348 g/mol. The monoisotopic (exact) mass is 374 g/mol. The third-order valence-corrected chi connectivity index (χ3v) is 6.25. The summed E-state index contributed by atoms with van der Waals surface area (Å²) in [6.07, 6.45) is 3.83. The highest BCUT2D eigenvalue weighted by atomic mass is 16.2. The lowest BCUT2D eigenvalue weighted by atomic mass is 9.65. The summed E-state index contributed by atoms with van der Waals surface area (Å²) in [5.74, 6) is -0.283. The number of carbonyl (C=O) groups excluding carboxylic acids is 2. The number of ketones is 1. The summed E-state index contributed by atoms with van der Waals surface area (Å²) >= 11 is 0. The van der Waals surface area contributed by atoms with E-state index in [1.807, 2.05) is 47.5 Å². The number of aliphatic imine (C=N–C) groups is 1. The van der Waals surface area contributed by atoms with Crippen molar-refractivity contribution in [3.05, 3.63) is 65.7 Å². The highest BCUT2D eigenvalue weighted by Gasteiger charge is 2.52. The average Bonchev–Trinajstić information content (AvgIpc) is 3.08. The number of fused-ring (bicyclic) bond motifs is 2. The first-order valence-electron chi connectivity index (χ1n) is 10.1. The summed E-state index contributed by atoms with van der Waals surface area (Å²) in [5.41, 5.74) is 2.69. The first-order valence-corrected chi connectivity index (χ1v) is 10.1. The minimum atomic E-state index is -0.467. The van der Waals surface area contributed by atoms with Gasteiger partial charge >= 0.3 is 0 Å². The molecule has 4 nitrogen and oxygen atoms in total. The lowest BCUT2D eigenvalue weighted by molar-refractivity contribution is -0.146. The van der Waals surface area contributed by atoms with Crippen LogP contribution in [0, 0.1) is 5.92 Å². The maximum absolute atomic E-state index is 13.7. The third-order valence-electron chi connectivity index (χ3n) is 6.25. The molecule has 2 aromatic carbocycles.